The molecule has 0 amide bonds. The molecule has 17 heavy (non-hydrogen) atoms. The SMILES string of the molecule is CCN(c1ccc(C(C)O)cn1)C(C)COC. The lowest BCUT2D eigenvalue weighted by Crippen LogP contribution is -2.36. The van der Waals surface area contributed by atoms with E-state index in [4.69, 9.17) is 4.74 Å². The highest BCUT2D eigenvalue weighted by molar-refractivity contribution is 5.40. The van der Waals surface area contributed by atoms with Gasteiger partial charge in [-0.25, -0.2) is 4.98 Å². The molecule has 0 spiro atoms. The molecule has 0 saturated carbocycles. The van der Waals surface area contributed by atoms with Crippen molar-refractivity contribution in [3.63, 3.8) is 0 Å². The van der Waals surface area contributed by atoms with Crippen LogP contribution in [0.25, 0.3) is 0 Å². The van der Waals surface area contributed by atoms with Crippen molar-refractivity contribution in [3.05, 3.63) is 23.9 Å². The van der Waals surface area contributed by atoms with E-state index in [1.807, 2.05) is 12.1 Å². The summed E-state index contributed by atoms with van der Waals surface area (Å²) >= 11 is 0. The summed E-state index contributed by atoms with van der Waals surface area (Å²) < 4.78 is 5.16. The Morgan fingerprint density at radius 1 is 1.41 bits per heavy atom. The predicted octanol–water partition coefficient (Wildman–Crippen LogP) is 2.00. The second-order valence-corrected chi connectivity index (χ2v) is 4.22. The zero-order chi connectivity index (χ0) is 12.8. The van der Waals surface area contributed by atoms with E-state index in [-0.39, 0.29) is 6.04 Å². The van der Waals surface area contributed by atoms with Crippen LogP contribution in [0.3, 0.4) is 0 Å². The summed E-state index contributed by atoms with van der Waals surface area (Å²) in [6.45, 7) is 7.49. The Morgan fingerprint density at radius 2 is 2.12 bits per heavy atom. The monoisotopic (exact) mass is 238 g/mol. The third-order valence-corrected chi connectivity index (χ3v) is 2.83. The molecule has 0 aliphatic carbocycles. The van der Waals surface area contributed by atoms with Gasteiger partial charge < -0.3 is 14.7 Å². The van der Waals surface area contributed by atoms with E-state index in [9.17, 15) is 5.11 Å². The molecule has 0 saturated heterocycles. The number of aromatic nitrogens is 1. The molecule has 96 valence electrons. The van der Waals surface area contributed by atoms with Crippen LogP contribution >= 0.6 is 0 Å². The average molecular weight is 238 g/mol. The van der Waals surface area contributed by atoms with Gasteiger partial charge in [-0.3, -0.25) is 0 Å². The maximum atomic E-state index is 9.43. The summed E-state index contributed by atoms with van der Waals surface area (Å²) in [7, 11) is 1.70. The highest BCUT2D eigenvalue weighted by Crippen LogP contribution is 2.17. The molecule has 0 fully saturated rings. The van der Waals surface area contributed by atoms with Crippen LogP contribution in [-0.2, 0) is 4.74 Å². The number of hydrogen-bond donors (Lipinski definition) is 1. The van der Waals surface area contributed by atoms with Crippen LogP contribution in [0.15, 0.2) is 18.3 Å². The standard InChI is InChI=1S/C13H22N2O2/c1-5-15(10(2)9-17-4)13-7-6-12(8-14-13)11(3)16/h6-8,10-11,16H,5,9H2,1-4H3. The second-order valence-electron chi connectivity index (χ2n) is 4.22. The van der Waals surface area contributed by atoms with E-state index in [1.165, 1.54) is 0 Å². The number of anilines is 1. The van der Waals surface area contributed by atoms with E-state index in [0.29, 0.717) is 6.61 Å². The number of likely N-dealkylation sites (N-methyl/N-ethyl adjacent to an activating group) is 1. The van der Waals surface area contributed by atoms with Gasteiger partial charge in [0.15, 0.2) is 0 Å². The number of methoxy groups -OCH3 is 1. The highest BCUT2D eigenvalue weighted by Gasteiger charge is 2.13. The largest absolute Gasteiger partial charge is 0.389 e. The van der Waals surface area contributed by atoms with Gasteiger partial charge >= 0.3 is 0 Å². The minimum atomic E-state index is -0.469. The molecular formula is C13H22N2O2. The van der Waals surface area contributed by atoms with Crippen LogP contribution in [-0.4, -0.2) is 36.4 Å². The van der Waals surface area contributed by atoms with Crippen LogP contribution in [0.4, 0.5) is 5.82 Å². The summed E-state index contributed by atoms with van der Waals surface area (Å²) in [5, 5.41) is 9.43. The molecule has 1 heterocycles. The van der Waals surface area contributed by atoms with Gasteiger partial charge in [-0.15, -0.1) is 0 Å². The van der Waals surface area contributed by atoms with Gasteiger partial charge in [-0.2, -0.15) is 0 Å². The number of hydrogen-bond acceptors (Lipinski definition) is 4. The van der Waals surface area contributed by atoms with Gasteiger partial charge in [-0.05, 0) is 32.4 Å². The van der Waals surface area contributed by atoms with Crippen molar-refractivity contribution >= 4 is 5.82 Å². The third kappa shape index (κ3) is 3.68. The maximum absolute atomic E-state index is 9.43. The van der Waals surface area contributed by atoms with Gasteiger partial charge in [-0.1, -0.05) is 6.07 Å². The summed E-state index contributed by atoms with van der Waals surface area (Å²) in [5.41, 5.74) is 0.837. The van der Waals surface area contributed by atoms with Crippen molar-refractivity contribution in [3.8, 4) is 0 Å². The van der Waals surface area contributed by atoms with Crippen molar-refractivity contribution in [2.75, 3.05) is 25.2 Å². The Labute approximate surface area is 103 Å². The lowest BCUT2D eigenvalue weighted by molar-refractivity contribution is 0.181. The van der Waals surface area contributed by atoms with Crippen LogP contribution in [0.2, 0.25) is 0 Å². The number of pyridine rings is 1. The van der Waals surface area contributed by atoms with Crippen molar-refractivity contribution in [1.29, 1.82) is 0 Å². The Bertz CT molecular complexity index is 325. The molecule has 0 aliphatic rings. The fourth-order valence-corrected chi connectivity index (χ4v) is 1.85. The van der Waals surface area contributed by atoms with Crippen LogP contribution < -0.4 is 4.90 Å². The number of ether oxygens (including phenoxy) is 1. The van der Waals surface area contributed by atoms with Gasteiger partial charge in [0.1, 0.15) is 5.82 Å². The van der Waals surface area contributed by atoms with Crippen molar-refractivity contribution in [2.24, 2.45) is 0 Å². The molecule has 0 aromatic carbocycles. The van der Waals surface area contributed by atoms with Crippen LogP contribution in [0.5, 0.6) is 0 Å². The molecular weight excluding hydrogens is 216 g/mol. The Morgan fingerprint density at radius 3 is 2.53 bits per heavy atom. The van der Waals surface area contributed by atoms with E-state index < -0.39 is 6.10 Å². The molecule has 1 N–H and O–H groups in total. The Hall–Kier alpha value is -1.13. The fraction of sp³-hybridized carbons (Fsp3) is 0.615. The number of nitrogens with zero attached hydrogens (tertiary/aromatic N) is 2. The molecule has 2 unspecified atom stereocenters. The van der Waals surface area contributed by atoms with E-state index in [0.717, 1.165) is 17.9 Å². The first-order chi connectivity index (χ1) is 8.10. The smallest absolute Gasteiger partial charge is 0.128 e. The molecule has 2 atom stereocenters. The van der Waals surface area contributed by atoms with Gasteiger partial charge in [0.05, 0.1) is 18.8 Å². The second kappa shape index (κ2) is 6.57. The summed E-state index contributed by atoms with van der Waals surface area (Å²) in [6, 6.07) is 4.14. The third-order valence-electron chi connectivity index (χ3n) is 2.83. The molecule has 0 aliphatic heterocycles. The van der Waals surface area contributed by atoms with Gasteiger partial charge in [0.2, 0.25) is 0 Å². The topological polar surface area (TPSA) is 45.6 Å². The fourth-order valence-electron chi connectivity index (χ4n) is 1.85. The number of aliphatic hydroxyl groups is 1. The van der Waals surface area contributed by atoms with E-state index >= 15 is 0 Å². The van der Waals surface area contributed by atoms with Gasteiger partial charge in [0.25, 0.3) is 0 Å². The Kier molecular flexibility index (Phi) is 5.38. The molecule has 1 rings (SSSR count). The van der Waals surface area contributed by atoms with Crippen molar-refractivity contribution in [2.45, 2.75) is 32.9 Å². The highest BCUT2D eigenvalue weighted by atomic mass is 16.5. The lowest BCUT2D eigenvalue weighted by Gasteiger charge is -2.28. The molecule has 4 nitrogen and oxygen atoms in total. The minimum Gasteiger partial charge on any atom is -0.389 e. The maximum Gasteiger partial charge on any atom is 0.128 e. The minimum absolute atomic E-state index is 0.287. The van der Waals surface area contributed by atoms with E-state index in [1.54, 1.807) is 20.2 Å². The zero-order valence-corrected chi connectivity index (χ0v) is 11.1. The number of aliphatic hydroxyl groups excluding tert-OH is 1. The lowest BCUT2D eigenvalue weighted by atomic mass is 10.2. The summed E-state index contributed by atoms with van der Waals surface area (Å²) in [4.78, 5) is 6.56. The Balaban J connectivity index is 2.82. The average Bonchev–Trinajstić information content (AvgIpc) is 2.31. The first kappa shape index (κ1) is 13.9. The first-order valence-corrected chi connectivity index (χ1v) is 5.99. The quantitative estimate of drug-likeness (QED) is 0.823. The predicted molar refractivity (Wildman–Crippen MR) is 69.2 cm³/mol. The molecule has 0 radical (unpaired) electrons. The van der Waals surface area contributed by atoms with Crippen molar-refractivity contribution < 1.29 is 9.84 Å². The normalized spacial score (nSPS) is 14.4. The molecule has 4 heteroatoms. The van der Waals surface area contributed by atoms with Crippen LogP contribution in [0, 0.1) is 0 Å². The molecule has 1 aromatic heterocycles. The van der Waals surface area contributed by atoms with E-state index in [2.05, 4.69) is 23.7 Å². The van der Waals surface area contributed by atoms with Gasteiger partial charge in [0, 0.05) is 19.9 Å². The summed E-state index contributed by atoms with van der Waals surface area (Å²) in [5.74, 6) is 0.918. The first-order valence-electron chi connectivity index (χ1n) is 5.99. The van der Waals surface area contributed by atoms with Crippen LogP contribution in [0.1, 0.15) is 32.4 Å². The molecule has 0 bridgehead atoms. The van der Waals surface area contributed by atoms with Crippen molar-refractivity contribution in [1.82, 2.24) is 4.98 Å². The number of rotatable bonds is 6. The molecule has 1 aromatic rings. The zero-order valence-electron chi connectivity index (χ0n) is 11.1. The summed E-state index contributed by atoms with van der Waals surface area (Å²) in [6.07, 6.45) is 1.25.